The Morgan fingerprint density at radius 2 is 1.90 bits per heavy atom. The van der Waals surface area contributed by atoms with Gasteiger partial charge in [0.1, 0.15) is 4.90 Å². The summed E-state index contributed by atoms with van der Waals surface area (Å²) in [5, 5.41) is -0.306. The number of anilines is 1. The van der Waals surface area contributed by atoms with Crippen molar-refractivity contribution in [3.63, 3.8) is 0 Å². The van der Waals surface area contributed by atoms with E-state index in [0.717, 1.165) is 6.07 Å². The van der Waals surface area contributed by atoms with Gasteiger partial charge < -0.3 is 0 Å². The first-order chi connectivity index (χ1) is 9.70. The summed E-state index contributed by atoms with van der Waals surface area (Å²) in [7, 11) is -4.25. The van der Waals surface area contributed by atoms with E-state index in [1.165, 1.54) is 24.5 Å². The van der Waals surface area contributed by atoms with Gasteiger partial charge in [-0.05, 0) is 30.3 Å². The largest absolute Gasteiger partial charge is 0.416 e. The lowest BCUT2D eigenvalue weighted by atomic mass is 10.2. The molecule has 4 nitrogen and oxygen atoms in total. The van der Waals surface area contributed by atoms with Crippen molar-refractivity contribution in [2.24, 2.45) is 0 Å². The van der Waals surface area contributed by atoms with Gasteiger partial charge in [0.05, 0.1) is 22.5 Å². The Morgan fingerprint density at radius 1 is 1.19 bits per heavy atom. The highest BCUT2D eigenvalue weighted by Crippen LogP contribution is 2.33. The molecule has 0 bridgehead atoms. The van der Waals surface area contributed by atoms with Crippen LogP contribution in [-0.4, -0.2) is 13.4 Å². The number of benzene rings is 1. The molecule has 1 aromatic carbocycles. The van der Waals surface area contributed by atoms with Gasteiger partial charge in [-0.1, -0.05) is 11.6 Å². The average Bonchev–Trinajstić information content (AvgIpc) is 2.38. The lowest BCUT2D eigenvalue weighted by Crippen LogP contribution is -2.15. The van der Waals surface area contributed by atoms with Crippen molar-refractivity contribution in [3.8, 4) is 0 Å². The third-order valence-electron chi connectivity index (χ3n) is 2.46. The Balaban J connectivity index is 2.45. The van der Waals surface area contributed by atoms with E-state index in [9.17, 15) is 21.6 Å². The van der Waals surface area contributed by atoms with Crippen LogP contribution in [0.5, 0.6) is 0 Å². The summed E-state index contributed by atoms with van der Waals surface area (Å²) < 4.78 is 64.3. The molecule has 0 spiro atoms. The van der Waals surface area contributed by atoms with Crippen molar-refractivity contribution >= 4 is 27.3 Å². The maximum absolute atomic E-state index is 12.6. The minimum absolute atomic E-state index is 0.117. The molecule has 0 atom stereocenters. The Hall–Kier alpha value is -1.80. The third kappa shape index (κ3) is 3.64. The summed E-state index contributed by atoms with van der Waals surface area (Å²) in [6.07, 6.45) is -2.02. The smallest absolute Gasteiger partial charge is 0.278 e. The van der Waals surface area contributed by atoms with E-state index >= 15 is 0 Å². The standard InChI is InChI=1S/C12H8ClF3N2O2S/c13-10-4-3-8(12(14,15)16)6-11(10)21(19,20)18-9-2-1-5-17-7-9/h1-7,18H. The molecule has 112 valence electrons. The summed E-state index contributed by atoms with van der Waals surface area (Å²) in [6.45, 7) is 0. The lowest BCUT2D eigenvalue weighted by molar-refractivity contribution is -0.137. The topological polar surface area (TPSA) is 59.1 Å². The highest BCUT2D eigenvalue weighted by molar-refractivity contribution is 7.92. The van der Waals surface area contributed by atoms with Crippen LogP contribution in [0.1, 0.15) is 5.56 Å². The molecule has 9 heteroatoms. The first-order valence-corrected chi connectivity index (χ1v) is 7.36. The predicted octanol–water partition coefficient (Wildman–Crippen LogP) is 3.55. The number of aromatic nitrogens is 1. The fraction of sp³-hybridized carbons (Fsp3) is 0.0833. The van der Waals surface area contributed by atoms with Gasteiger partial charge in [0.15, 0.2) is 0 Å². The number of sulfonamides is 1. The Kier molecular flexibility index (Phi) is 4.11. The maximum Gasteiger partial charge on any atom is 0.416 e. The van der Waals surface area contributed by atoms with Crippen LogP contribution < -0.4 is 4.72 Å². The van der Waals surface area contributed by atoms with Gasteiger partial charge in [0, 0.05) is 6.20 Å². The summed E-state index contributed by atoms with van der Waals surface area (Å²) >= 11 is 5.69. The first kappa shape index (κ1) is 15.6. The molecule has 0 amide bonds. The van der Waals surface area contributed by atoms with Crippen LogP contribution in [0, 0.1) is 0 Å². The Morgan fingerprint density at radius 3 is 2.48 bits per heavy atom. The zero-order valence-corrected chi connectivity index (χ0v) is 11.8. The summed E-state index contributed by atoms with van der Waals surface area (Å²) in [5.74, 6) is 0. The van der Waals surface area contributed by atoms with E-state index in [1.54, 1.807) is 0 Å². The molecule has 1 heterocycles. The zero-order valence-electron chi connectivity index (χ0n) is 10.2. The number of nitrogens with zero attached hydrogens (tertiary/aromatic N) is 1. The SMILES string of the molecule is O=S(=O)(Nc1cccnc1)c1cc(C(F)(F)F)ccc1Cl. The number of nitrogens with one attached hydrogen (secondary N) is 1. The second-order valence-corrected chi connectivity index (χ2v) is 6.05. The maximum atomic E-state index is 12.6. The van der Waals surface area contributed by atoms with E-state index in [4.69, 9.17) is 11.6 Å². The monoisotopic (exact) mass is 336 g/mol. The van der Waals surface area contributed by atoms with Crippen LogP contribution >= 0.6 is 11.6 Å². The molecule has 1 N–H and O–H groups in total. The fourth-order valence-electron chi connectivity index (χ4n) is 1.52. The molecule has 0 aliphatic rings. The zero-order chi connectivity index (χ0) is 15.7. The molecule has 0 radical (unpaired) electrons. The van der Waals surface area contributed by atoms with Crippen molar-refractivity contribution in [1.29, 1.82) is 0 Å². The van der Waals surface area contributed by atoms with Crippen LogP contribution in [0.4, 0.5) is 18.9 Å². The van der Waals surface area contributed by atoms with Crippen molar-refractivity contribution in [1.82, 2.24) is 4.98 Å². The predicted molar refractivity (Wildman–Crippen MR) is 71.5 cm³/mol. The fourth-order valence-corrected chi connectivity index (χ4v) is 3.09. The van der Waals surface area contributed by atoms with Gasteiger partial charge in [-0.15, -0.1) is 0 Å². The number of rotatable bonds is 3. The molecule has 2 aromatic rings. The van der Waals surface area contributed by atoms with Crippen LogP contribution in [0.3, 0.4) is 0 Å². The summed E-state index contributed by atoms with van der Waals surface area (Å²) in [4.78, 5) is 3.05. The van der Waals surface area contributed by atoms with E-state index in [1.807, 2.05) is 0 Å². The van der Waals surface area contributed by atoms with Gasteiger partial charge in [-0.2, -0.15) is 13.2 Å². The molecule has 1 aromatic heterocycles. The van der Waals surface area contributed by atoms with Crippen LogP contribution in [0.2, 0.25) is 5.02 Å². The summed E-state index contributed by atoms with van der Waals surface area (Å²) in [5.41, 5.74) is -0.982. The van der Waals surface area contributed by atoms with Gasteiger partial charge in [0.25, 0.3) is 10.0 Å². The Labute approximate surface area is 123 Å². The number of pyridine rings is 1. The van der Waals surface area contributed by atoms with E-state index < -0.39 is 26.7 Å². The lowest BCUT2D eigenvalue weighted by Gasteiger charge is -2.12. The van der Waals surface area contributed by atoms with Crippen molar-refractivity contribution in [2.75, 3.05) is 4.72 Å². The van der Waals surface area contributed by atoms with E-state index in [2.05, 4.69) is 9.71 Å². The van der Waals surface area contributed by atoms with Crippen molar-refractivity contribution in [3.05, 3.63) is 53.3 Å². The highest BCUT2D eigenvalue weighted by Gasteiger charge is 2.32. The van der Waals surface area contributed by atoms with Gasteiger partial charge in [0.2, 0.25) is 0 Å². The van der Waals surface area contributed by atoms with Crippen molar-refractivity contribution in [2.45, 2.75) is 11.1 Å². The van der Waals surface area contributed by atoms with Crippen LogP contribution in [0.15, 0.2) is 47.6 Å². The minimum atomic E-state index is -4.66. The molecule has 0 saturated carbocycles. The molecule has 0 saturated heterocycles. The second kappa shape index (κ2) is 5.53. The van der Waals surface area contributed by atoms with Crippen LogP contribution in [-0.2, 0) is 16.2 Å². The molecule has 0 fully saturated rings. The summed E-state index contributed by atoms with van der Waals surface area (Å²) in [6, 6.07) is 4.98. The highest BCUT2D eigenvalue weighted by atomic mass is 35.5. The molecule has 0 unspecified atom stereocenters. The molecule has 0 aliphatic heterocycles. The van der Waals surface area contributed by atoms with Gasteiger partial charge in [-0.25, -0.2) is 8.42 Å². The number of halogens is 4. The molecule has 2 rings (SSSR count). The minimum Gasteiger partial charge on any atom is -0.278 e. The molecular formula is C12H8ClF3N2O2S. The normalized spacial score (nSPS) is 12.2. The second-order valence-electron chi connectivity index (χ2n) is 3.99. The van der Waals surface area contributed by atoms with Gasteiger partial charge >= 0.3 is 6.18 Å². The molecule has 21 heavy (non-hydrogen) atoms. The number of hydrogen-bond donors (Lipinski definition) is 1. The van der Waals surface area contributed by atoms with Crippen molar-refractivity contribution < 1.29 is 21.6 Å². The van der Waals surface area contributed by atoms with E-state index in [-0.39, 0.29) is 10.7 Å². The van der Waals surface area contributed by atoms with Gasteiger partial charge in [-0.3, -0.25) is 9.71 Å². The van der Waals surface area contributed by atoms with E-state index in [0.29, 0.717) is 12.1 Å². The number of hydrogen-bond acceptors (Lipinski definition) is 3. The number of alkyl halides is 3. The Bertz CT molecular complexity index is 749. The first-order valence-electron chi connectivity index (χ1n) is 5.50. The van der Waals surface area contributed by atoms with Crippen LogP contribution in [0.25, 0.3) is 0 Å². The molecule has 0 aliphatic carbocycles. The third-order valence-corrected chi connectivity index (χ3v) is 4.32. The quantitative estimate of drug-likeness (QED) is 0.932. The average molecular weight is 337 g/mol. The molecular weight excluding hydrogens is 329 g/mol.